The number of hydrogen-bond acceptors (Lipinski definition) is 10. The highest BCUT2D eigenvalue weighted by Crippen LogP contribution is 2.46. The monoisotopic (exact) mass is 513 g/mol. The van der Waals surface area contributed by atoms with Gasteiger partial charge in [-0.3, -0.25) is 20.1 Å². The standard InChI is InChI=1S/C26H27NO10/c1-13(28)35-21-20(25(3,36-14(2)29)26(27,33)37-22(21)23(30)31)24(32)34-12-19-17-10-6-4-8-15(17)16-9-5-7-11-18(16)19/h4-11,19-22,33H,12,27H2,1-3H3,(H,30,31)/t20-,21+,22+,25-,26+/m1/s1. The molecule has 11 heteroatoms. The van der Waals surface area contributed by atoms with Crippen molar-refractivity contribution in [3.05, 3.63) is 59.7 Å². The molecule has 1 heterocycles. The van der Waals surface area contributed by atoms with Crippen molar-refractivity contribution >= 4 is 23.9 Å². The minimum atomic E-state index is -2.95. The van der Waals surface area contributed by atoms with Crippen molar-refractivity contribution < 1.29 is 48.3 Å². The minimum absolute atomic E-state index is 0.173. The van der Waals surface area contributed by atoms with E-state index in [1.807, 2.05) is 48.5 Å². The van der Waals surface area contributed by atoms with Gasteiger partial charge in [0.25, 0.3) is 5.91 Å². The molecule has 196 valence electrons. The Labute approximate surface area is 212 Å². The Morgan fingerprint density at radius 2 is 1.51 bits per heavy atom. The van der Waals surface area contributed by atoms with E-state index in [4.69, 9.17) is 24.7 Å². The first-order valence-electron chi connectivity index (χ1n) is 11.5. The number of esters is 3. The molecule has 1 aliphatic heterocycles. The molecule has 0 amide bonds. The van der Waals surface area contributed by atoms with Crippen LogP contribution in [0.1, 0.15) is 37.8 Å². The highest BCUT2D eigenvalue weighted by molar-refractivity contribution is 5.82. The first-order valence-corrected chi connectivity index (χ1v) is 11.5. The summed E-state index contributed by atoms with van der Waals surface area (Å²) in [7, 11) is 0. The van der Waals surface area contributed by atoms with Crippen LogP contribution in [0, 0.1) is 5.92 Å². The van der Waals surface area contributed by atoms with Crippen LogP contribution in [0.3, 0.4) is 0 Å². The van der Waals surface area contributed by atoms with E-state index in [0.29, 0.717) is 0 Å². The fourth-order valence-electron chi connectivity index (χ4n) is 5.09. The number of carboxylic acids is 1. The Bertz CT molecular complexity index is 1210. The van der Waals surface area contributed by atoms with Crippen molar-refractivity contribution in [3.63, 3.8) is 0 Å². The molecule has 37 heavy (non-hydrogen) atoms. The van der Waals surface area contributed by atoms with Gasteiger partial charge < -0.3 is 29.2 Å². The van der Waals surface area contributed by atoms with Gasteiger partial charge in [0.05, 0.1) is 0 Å². The fourth-order valence-corrected chi connectivity index (χ4v) is 5.09. The second-order valence-corrected chi connectivity index (χ2v) is 9.18. The predicted molar refractivity (Wildman–Crippen MR) is 126 cm³/mol. The van der Waals surface area contributed by atoms with E-state index in [0.717, 1.165) is 43.0 Å². The number of carboxylic acid groups (broad SMARTS) is 1. The van der Waals surface area contributed by atoms with E-state index >= 15 is 0 Å². The van der Waals surface area contributed by atoms with Crippen LogP contribution in [0.5, 0.6) is 0 Å². The van der Waals surface area contributed by atoms with Crippen molar-refractivity contribution in [1.29, 1.82) is 0 Å². The number of hydrogen-bond donors (Lipinski definition) is 3. The van der Waals surface area contributed by atoms with Gasteiger partial charge in [0.15, 0.2) is 17.8 Å². The molecule has 0 aromatic heterocycles. The van der Waals surface area contributed by atoms with Gasteiger partial charge in [-0.25, -0.2) is 4.79 Å². The second-order valence-electron chi connectivity index (χ2n) is 9.18. The number of nitrogens with two attached hydrogens (primary N) is 1. The summed E-state index contributed by atoms with van der Waals surface area (Å²) in [5, 5.41) is 20.5. The molecule has 2 aromatic carbocycles. The van der Waals surface area contributed by atoms with Crippen LogP contribution in [0.4, 0.5) is 0 Å². The number of benzene rings is 2. The average molecular weight is 513 g/mol. The highest BCUT2D eigenvalue weighted by atomic mass is 16.7. The smallest absolute Gasteiger partial charge is 0.336 e. The lowest BCUT2D eigenvalue weighted by Crippen LogP contribution is -2.76. The summed E-state index contributed by atoms with van der Waals surface area (Å²) < 4.78 is 21.1. The topological polar surface area (TPSA) is 172 Å². The number of ether oxygens (including phenoxy) is 4. The van der Waals surface area contributed by atoms with Crippen molar-refractivity contribution in [3.8, 4) is 11.1 Å². The van der Waals surface area contributed by atoms with Gasteiger partial charge in [-0.15, -0.1) is 0 Å². The van der Waals surface area contributed by atoms with Gasteiger partial charge in [-0.2, -0.15) is 0 Å². The zero-order chi connectivity index (χ0) is 27.1. The quantitative estimate of drug-likeness (QED) is 0.289. The van der Waals surface area contributed by atoms with Crippen LogP contribution in [0.25, 0.3) is 11.1 Å². The average Bonchev–Trinajstić information content (AvgIpc) is 3.13. The van der Waals surface area contributed by atoms with E-state index in [1.165, 1.54) is 0 Å². The third kappa shape index (κ3) is 4.57. The molecule has 4 N–H and O–H groups in total. The van der Waals surface area contributed by atoms with E-state index in [9.17, 15) is 29.4 Å². The number of aliphatic hydroxyl groups is 1. The largest absolute Gasteiger partial charge is 0.479 e. The van der Waals surface area contributed by atoms with Gasteiger partial charge in [-0.1, -0.05) is 48.5 Å². The molecule has 0 saturated carbocycles. The normalized spacial score (nSPS) is 28.5. The lowest BCUT2D eigenvalue weighted by atomic mass is 9.76. The number of rotatable bonds is 6. The SMILES string of the molecule is CC(=O)O[C@@H]1[C@@H](C(=O)O)O[C@@](N)(O)[C@](C)(OC(C)=O)[C@H]1C(=O)OCC1c2ccccc2-c2ccccc21. The van der Waals surface area contributed by atoms with E-state index in [1.54, 1.807) is 0 Å². The molecule has 0 radical (unpaired) electrons. The van der Waals surface area contributed by atoms with Gasteiger partial charge in [-0.05, 0) is 29.2 Å². The maximum atomic E-state index is 13.6. The lowest BCUT2D eigenvalue weighted by Gasteiger charge is -2.51. The summed E-state index contributed by atoms with van der Waals surface area (Å²) in [5.41, 5.74) is 7.26. The van der Waals surface area contributed by atoms with Crippen molar-refractivity contribution in [2.45, 2.75) is 50.4 Å². The minimum Gasteiger partial charge on any atom is -0.479 e. The van der Waals surface area contributed by atoms with Crippen LogP contribution in [-0.2, 0) is 38.1 Å². The Morgan fingerprint density at radius 3 is 2.00 bits per heavy atom. The maximum absolute atomic E-state index is 13.6. The number of fused-ring (bicyclic) bond motifs is 3. The number of carbonyl (C=O) groups excluding carboxylic acids is 3. The Kier molecular flexibility index (Phi) is 6.80. The molecule has 11 nitrogen and oxygen atoms in total. The number of aliphatic carboxylic acids is 1. The van der Waals surface area contributed by atoms with Gasteiger partial charge in [0, 0.05) is 19.8 Å². The maximum Gasteiger partial charge on any atom is 0.336 e. The fraction of sp³-hybridized carbons (Fsp3) is 0.385. The van der Waals surface area contributed by atoms with Crippen molar-refractivity contribution in [1.82, 2.24) is 0 Å². The summed E-state index contributed by atoms with van der Waals surface area (Å²) >= 11 is 0. The van der Waals surface area contributed by atoms with Crippen molar-refractivity contribution in [2.75, 3.05) is 6.61 Å². The lowest BCUT2D eigenvalue weighted by molar-refractivity contribution is -0.364. The van der Waals surface area contributed by atoms with Gasteiger partial charge in [0.1, 0.15) is 12.5 Å². The zero-order valence-corrected chi connectivity index (χ0v) is 20.4. The molecule has 1 saturated heterocycles. The van der Waals surface area contributed by atoms with Crippen LogP contribution in [0.2, 0.25) is 0 Å². The summed E-state index contributed by atoms with van der Waals surface area (Å²) in [5.74, 6) is -9.82. The molecule has 4 rings (SSSR count). The third-order valence-corrected chi connectivity index (χ3v) is 6.75. The predicted octanol–water partition coefficient (Wildman–Crippen LogP) is 1.30. The molecule has 0 spiro atoms. The van der Waals surface area contributed by atoms with Crippen LogP contribution in [0.15, 0.2) is 48.5 Å². The molecule has 2 aromatic rings. The van der Waals surface area contributed by atoms with Crippen LogP contribution < -0.4 is 5.73 Å². The van der Waals surface area contributed by atoms with Gasteiger partial charge >= 0.3 is 23.9 Å². The second kappa shape index (κ2) is 9.58. The molecule has 5 atom stereocenters. The third-order valence-electron chi connectivity index (χ3n) is 6.75. The highest BCUT2D eigenvalue weighted by Gasteiger charge is 2.68. The molecular weight excluding hydrogens is 486 g/mol. The summed E-state index contributed by atoms with van der Waals surface area (Å²) in [6.45, 7) is 2.91. The summed E-state index contributed by atoms with van der Waals surface area (Å²) in [4.78, 5) is 49.3. The molecule has 0 bridgehead atoms. The van der Waals surface area contributed by atoms with E-state index in [-0.39, 0.29) is 12.5 Å². The van der Waals surface area contributed by atoms with Crippen molar-refractivity contribution in [2.24, 2.45) is 11.7 Å². The Morgan fingerprint density at radius 1 is 0.973 bits per heavy atom. The van der Waals surface area contributed by atoms with E-state index < -0.39 is 53.5 Å². The summed E-state index contributed by atoms with van der Waals surface area (Å²) in [6.07, 6.45) is -3.90. The molecule has 0 unspecified atom stereocenters. The first kappa shape index (κ1) is 26.3. The Hall–Kier alpha value is -3.80. The Balaban J connectivity index is 1.71. The van der Waals surface area contributed by atoms with E-state index in [2.05, 4.69) is 0 Å². The van der Waals surface area contributed by atoms with Gasteiger partial charge in [0.2, 0.25) is 0 Å². The molecule has 1 aliphatic carbocycles. The number of carbonyl (C=O) groups is 4. The molecule has 1 fully saturated rings. The first-order chi connectivity index (χ1) is 17.4. The molecular formula is C26H27NO10. The molecule has 2 aliphatic rings. The zero-order valence-electron chi connectivity index (χ0n) is 20.4. The van der Waals surface area contributed by atoms with Crippen LogP contribution in [-0.4, -0.2) is 64.4 Å². The summed E-state index contributed by atoms with van der Waals surface area (Å²) in [6, 6.07) is 15.2. The van der Waals surface area contributed by atoms with Crippen LogP contribution >= 0.6 is 0 Å².